The van der Waals surface area contributed by atoms with Crippen LogP contribution in [0, 0.1) is 5.92 Å². The van der Waals surface area contributed by atoms with Crippen molar-refractivity contribution in [3.05, 3.63) is 0 Å². The molecule has 2 saturated carbocycles. The molecule has 122 valence electrons. The van der Waals surface area contributed by atoms with Gasteiger partial charge >= 0.3 is 6.03 Å². The Kier molecular flexibility index (Phi) is 4.36. The number of hydrazine groups is 1. The number of nitrogens with one attached hydrogen (secondary N) is 2. The molecule has 0 unspecified atom stereocenters. The van der Waals surface area contributed by atoms with Gasteiger partial charge < -0.3 is 5.32 Å². The molecule has 4 amide bonds. The molecule has 0 bridgehead atoms. The lowest BCUT2D eigenvalue weighted by atomic mass is 9.82. The van der Waals surface area contributed by atoms with Crippen molar-refractivity contribution >= 4 is 17.8 Å². The first kappa shape index (κ1) is 15.3. The quantitative estimate of drug-likeness (QED) is 0.782. The summed E-state index contributed by atoms with van der Waals surface area (Å²) < 4.78 is 0. The molecule has 0 aromatic carbocycles. The van der Waals surface area contributed by atoms with Crippen LogP contribution >= 0.6 is 0 Å². The van der Waals surface area contributed by atoms with E-state index in [0.717, 1.165) is 30.7 Å². The SMILES string of the molecule is O=C(CCC1CCCC1)NN1C(=O)NC2(CCCCC2)C1=O. The first-order valence-electron chi connectivity index (χ1n) is 8.57. The van der Waals surface area contributed by atoms with Crippen molar-refractivity contribution < 1.29 is 14.4 Å². The van der Waals surface area contributed by atoms with Crippen LogP contribution in [0.5, 0.6) is 0 Å². The van der Waals surface area contributed by atoms with Gasteiger partial charge in [0.25, 0.3) is 5.91 Å². The summed E-state index contributed by atoms with van der Waals surface area (Å²) in [6.45, 7) is 0. The molecular formula is C16H25N3O3. The molecule has 1 spiro atoms. The van der Waals surface area contributed by atoms with Crippen LogP contribution in [0.3, 0.4) is 0 Å². The largest absolute Gasteiger partial charge is 0.344 e. The summed E-state index contributed by atoms with van der Waals surface area (Å²) in [7, 11) is 0. The van der Waals surface area contributed by atoms with Crippen molar-refractivity contribution in [2.75, 3.05) is 0 Å². The monoisotopic (exact) mass is 307 g/mol. The highest BCUT2D eigenvalue weighted by Gasteiger charge is 2.52. The van der Waals surface area contributed by atoms with Crippen LogP contribution in [0.1, 0.15) is 70.6 Å². The van der Waals surface area contributed by atoms with Crippen molar-refractivity contribution in [2.45, 2.75) is 76.2 Å². The number of rotatable bonds is 4. The molecular weight excluding hydrogens is 282 g/mol. The van der Waals surface area contributed by atoms with Crippen molar-refractivity contribution in [1.29, 1.82) is 0 Å². The Bertz CT molecular complexity index is 465. The molecule has 1 heterocycles. The predicted octanol–water partition coefficient (Wildman–Crippen LogP) is 2.24. The van der Waals surface area contributed by atoms with Gasteiger partial charge in [-0.1, -0.05) is 44.9 Å². The van der Waals surface area contributed by atoms with Crippen molar-refractivity contribution in [3.8, 4) is 0 Å². The number of carbonyl (C=O) groups excluding carboxylic acids is 3. The first-order chi connectivity index (χ1) is 10.6. The molecule has 0 atom stereocenters. The highest BCUT2D eigenvalue weighted by atomic mass is 16.2. The first-order valence-corrected chi connectivity index (χ1v) is 8.57. The van der Waals surface area contributed by atoms with E-state index in [0.29, 0.717) is 25.2 Å². The Balaban J connectivity index is 1.54. The van der Waals surface area contributed by atoms with E-state index in [1.54, 1.807) is 0 Å². The van der Waals surface area contributed by atoms with Gasteiger partial charge in [0.1, 0.15) is 5.54 Å². The summed E-state index contributed by atoms with van der Waals surface area (Å²) in [6.07, 6.45) is 10.4. The maximum Gasteiger partial charge on any atom is 0.344 e. The van der Waals surface area contributed by atoms with Gasteiger partial charge in [0.2, 0.25) is 5.91 Å². The zero-order valence-electron chi connectivity index (χ0n) is 13.0. The van der Waals surface area contributed by atoms with Gasteiger partial charge in [-0.3, -0.25) is 15.0 Å². The van der Waals surface area contributed by atoms with Crippen LogP contribution in [-0.2, 0) is 9.59 Å². The predicted molar refractivity (Wildman–Crippen MR) is 80.5 cm³/mol. The molecule has 6 heteroatoms. The van der Waals surface area contributed by atoms with Crippen molar-refractivity contribution in [3.63, 3.8) is 0 Å². The molecule has 3 fully saturated rings. The lowest BCUT2D eigenvalue weighted by Crippen LogP contribution is -2.50. The number of amides is 4. The van der Waals surface area contributed by atoms with E-state index in [-0.39, 0.29) is 11.8 Å². The van der Waals surface area contributed by atoms with E-state index in [2.05, 4.69) is 10.7 Å². The fourth-order valence-electron chi connectivity index (χ4n) is 4.03. The van der Waals surface area contributed by atoms with Gasteiger partial charge in [-0.2, -0.15) is 5.01 Å². The van der Waals surface area contributed by atoms with Gasteiger partial charge in [0.05, 0.1) is 0 Å². The summed E-state index contributed by atoms with van der Waals surface area (Å²) in [5.41, 5.74) is 1.74. The minimum atomic E-state index is -0.770. The number of carbonyl (C=O) groups is 3. The number of hydrogen-bond acceptors (Lipinski definition) is 3. The molecule has 22 heavy (non-hydrogen) atoms. The van der Waals surface area contributed by atoms with Gasteiger partial charge in [0.15, 0.2) is 0 Å². The van der Waals surface area contributed by atoms with E-state index in [4.69, 9.17) is 0 Å². The van der Waals surface area contributed by atoms with Crippen molar-refractivity contribution in [2.24, 2.45) is 5.92 Å². The highest BCUT2D eigenvalue weighted by molar-refractivity contribution is 6.07. The van der Waals surface area contributed by atoms with Gasteiger partial charge in [0, 0.05) is 6.42 Å². The number of hydrogen-bond donors (Lipinski definition) is 2. The second kappa shape index (κ2) is 6.26. The van der Waals surface area contributed by atoms with Gasteiger partial charge in [-0.25, -0.2) is 4.79 Å². The van der Waals surface area contributed by atoms with E-state index in [1.807, 2.05) is 0 Å². The molecule has 6 nitrogen and oxygen atoms in total. The number of nitrogens with zero attached hydrogens (tertiary/aromatic N) is 1. The van der Waals surface area contributed by atoms with Crippen LogP contribution in [-0.4, -0.2) is 28.4 Å². The topological polar surface area (TPSA) is 78.5 Å². The van der Waals surface area contributed by atoms with E-state index in [1.165, 1.54) is 25.7 Å². The fourth-order valence-corrected chi connectivity index (χ4v) is 4.03. The van der Waals surface area contributed by atoms with E-state index >= 15 is 0 Å². The molecule has 3 rings (SSSR count). The van der Waals surface area contributed by atoms with E-state index in [9.17, 15) is 14.4 Å². The third-order valence-electron chi connectivity index (χ3n) is 5.36. The van der Waals surface area contributed by atoms with Crippen LogP contribution < -0.4 is 10.7 Å². The third kappa shape index (κ3) is 2.96. The molecule has 1 saturated heterocycles. The second-order valence-corrected chi connectivity index (χ2v) is 6.94. The Hall–Kier alpha value is -1.59. The van der Waals surface area contributed by atoms with E-state index < -0.39 is 11.6 Å². The third-order valence-corrected chi connectivity index (χ3v) is 5.36. The lowest BCUT2D eigenvalue weighted by molar-refractivity contribution is -0.140. The van der Waals surface area contributed by atoms with Gasteiger partial charge in [-0.05, 0) is 25.2 Å². The summed E-state index contributed by atoms with van der Waals surface area (Å²) in [5, 5.41) is 3.70. The number of urea groups is 1. The molecule has 3 aliphatic rings. The second-order valence-electron chi connectivity index (χ2n) is 6.94. The molecule has 0 aromatic heterocycles. The Morgan fingerprint density at radius 3 is 2.50 bits per heavy atom. The number of imide groups is 1. The summed E-state index contributed by atoms with van der Waals surface area (Å²) in [4.78, 5) is 36.6. The highest BCUT2D eigenvalue weighted by Crippen LogP contribution is 2.33. The fraction of sp³-hybridized carbons (Fsp3) is 0.812. The van der Waals surface area contributed by atoms with Crippen LogP contribution in [0.2, 0.25) is 0 Å². The maximum absolute atomic E-state index is 12.5. The summed E-state index contributed by atoms with van der Waals surface area (Å²) in [5.74, 6) is 0.105. The summed E-state index contributed by atoms with van der Waals surface area (Å²) >= 11 is 0. The zero-order chi connectivity index (χ0) is 15.6. The van der Waals surface area contributed by atoms with Gasteiger partial charge in [-0.15, -0.1) is 0 Å². The van der Waals surface area contributed by atoms with Crippen LogP contribution in [0.25, 0.3) is 0 Å². The normalized spacial score (nSPS) is 24.8. The average Bonchev–Trinajstić information content (AvgIpc) is 3.10. The lowest BCUT2D eigenvalue weighted by Gasteiger charge is -2.30. The Morgan fingerprint density at radius 2 is 1.82 bits per heavy atom. The Labute approximate surface area is 131 Å². The van der Waals surface area contributed by atoms with Crippen LogP contribution in [0.15, 0.2) is 0 Å². The standard InChI is InChI=1S/C16H25N3O3/c20-13(9-8-12-6-2-3-7-12)18-19-14(21)16(17-15(19)22)10-4-1-5-11-16/h12H,1-11H2,(H,17,22)(H,18,20). The zero-order valence-corrected chi connectivity index (χ0v) is 13.0. The maximum atomic E-state index is 12.5. The molecule has 1 aliphatic heterocycles. The molecule has 0 aromatic rings. The minimum absolute atomic E-state index is 0.233. The van der Waals surface area contributed by atoms with Crippen molar-refractivity contribution in [1.82, 2.24) is 15.8 Å². The molecule has 0 radical (unpaired) electrons. The summed E-state index contributed by atoms with van der Waals surface area (Å²) in [6, 6.07) is -0.485. The Morgan fingerprint density at radius 1 is 1.14 bits per heavy atom. The molecule has 2 aliphatic carbocycles. The smallest absolute Gasteiger partial charge is 0.322 e. The van der Waals surface area contributed by atoms with Crippen LogP contribution in [0.4, 0.5) is 4.79 Å². The minimum Gasteiger partial charge on any atom is -0.322 e. The average molecular weight is 307 g/mol. The molecule has 2 N–H and O–H groups in total.